The number of carboxylic acids is 1. The molecule has 0 amide bonds. The van der Waals surface area contributed by atoms with Crippen molar-refractivity contribution in [3.63, 3.8) is 0 Å². The first-order chi connectivity index (χ1) is 8.94. The Hall–Kier alpha value is -1.03. The van der Waals surface area contributed by atoms with Crippen molar-refractivity contribution < 1.29 is 14.6 Å². The number of methoxy groups -OCH3 is 1. The van der Waals surface area contributed by atoms with E-state index in [1.54, 1.807) is 7.11 Å². The fraction of sp³-hybridized carbons (Fsp3) is 0.533. The van der Waals surface area contributed by atoms with Gasteiger partial charge in [0.1, 0.15) is 5.75 Å². The van der Waals surface area contributed by atoms with E-state index in [1.165, 1.54) is 0 Å². The first kappa shape index (κ1) is 14.4. The Bertz CT molecular complexity index is 517. The van der Waals surface area contributed by atoms with Crippen molar-refractivity contribution in [1.82, 2.24) is 0 Å². The number of carboxylic acid groups (broad SMARTS) is 1. The molecule has 1 aromatic carbocycles. The summed E-state index contributed by atoms with van der Waals surface area (Å²) in [6.07, 6.45) is 3.34. The Morgan fingerprint density at radius 3 is 2.42 bits per heavy atom. The van der Waals surface area contributed by atoms with Gasteiger partial charge in [0.2, 0.25) is 0 Å². The van der Waals surface area contributed by atoms with Crippen molar-refractivity contribution in [1.29, 1.82) is 0 Å². The third-order valence-corrected chi connectivity index (χ3v) is 4.83. The minimum Gasteiger partial charge on any atom is -0.496 e. The number of carbonyl (C=O) groups is 1. The van der Waals surface area contributed by atoms with E-state index in [-0.39, 0.29) is 0 Å². The van der Waals surface area contributed by atoms with E-state index in [0.717, 1.165) is 39.8 Å². The molecule has 0 atom stereocenters. The third-order valence-electron chi connectivity index (χ3n) is 4.20. The molecule has 0 bridgehead atoms. The van der Waals surface area contributed by atoms with E-state index in [0.29, 0.717) is 12.8 Å². The molecular weight excluding hydrogens is 308 g/mol. The highest BCUT2D eigenvalue weighted by Crippen LogP contribution is 2.48. The smallest absolute Gasteiger partial charge is 0.314 e. The zero-order chi connectivity index (χ0) is 14.2. The third kappa shape index (κ3) is 2.16. The average Bonchev–Trinajstić information content (AvgIpc) is 2.79. The van der Waals surface area contributed by atoms with Gasteiger partial charge in [-0.3, -0.25) is 4.79 Å². The number of aryl methyl sites for hydroxylation is 1. The molecule has 1 aliphatic carbocycles. The van der Waals surface area contributed by atoms with Crippen molar-refractivity contribution >= 4 is 21.9 Å². The maximum atomic E-state index is 11.9. The topological polar surface area (TPSA) is 46.5 Å². The van der Waals surface area contributed by atoms with Gasteiger partial charge in [-0.2, -0.15) is 0 Å². The number of hydrogen-bond donors (Lipinski definition) is 1. The summed E-state index contributed by atoms with van der Waals surface area (Å²) in [5.41, 5.74) is 2.09. The van der Waals surface area contributed by atoms with Crippen molar-refractivity contribution in [3.8, 4) is 5.75 Å². The van der Waals surface area contributed by atoms with Crippen molar-refractivity contribution in [2.75, 3.05) is 7.11 Å². The van der Waals surface area contributed by atoms with Gasteiger partial charge in [0.25, 0.3) is 0 Å². The van der Waals surface area contributed by atoms with Crippen LogP contribution < -0.4 is 4.74 Å². The van der Waals surface area contributed by atoms with Gasteiger partial charge in [-0.1, -0.05) is 28.8 Å². The summed E-state index contributed by atoms with van der Waals surface area (Å²) < 4.78 is 6.32. The molecular formula is C15H19BrO3. The number of halogens is 1. The second kappa shape index (κ2) is 5.16. The van der Waals surface area contributed by atoms with Crippen molar-refractivity contribution in [2.45, 2.75) is 44.9 Å². The van der Waals surface area contributed by atoms with Gasteiger partial charge in [0.15, 0.2) is 0 Å². The molecule has 2 rings (SSSR count). The largest absolute Gasteiger partial charge is 0.496 e. The first-order valence-corrected chi connectivity index (χ1v) is 7.31. The van der Waals surface area contributed by atoms with Crippen LogP contribution in [0, 0.1) is 13.8 Å². The zero-order valence-corrected chi connectivity index (χ0v) is 13.1. The summed E-state index contributed by atoms with van der Waals surface area (Å²) in [6, 6.07) is 1.96. The number of aliphatic carboxylic acids is 1. The molecule has 0 radical (unpaired) electrons. The van der Waals surface area contributed by atoms with E-state index in [1.807, 2.05) is 19.9 Å². The predicted octanol–water partition coefficient (Wildman–Crippen LogP) is 3.97. The summed E-state index contributed by atoms with van der Waals surface area (Å²) in [5, 5.41) is 9.74. The molecule has 104 valence electrons. The lowest BCUT2D eigenvalue weighted by molar-refractivity contribution is -0.143. The minimum absolute atomic E-state index is 0.702. The second-order valence-electron chi connectivity index (χ2n) is 5.30. The standard InChI is InChI=1S/C15H19BrO3/c1-9-8-11(16)12(10(2)13(9)19-3)15(14(17)18)6-4-5-7-15/h8H,4-7H2,1-3H3,(H,17,18). The van der Waals surface area contributed by atoms with Gasteiger partial charge < -0.3 is 9.84 Å². The van der Waals surface area contributed by atoms with Gasteiger partial charge >= 0.3 is 5.97 Å². The molecule has 1 saturated carbocycles. The highest BCUT2D eigenvalue weighted by molar-refractivity contribution is 9.10. The molecule has 1 aromatic rings. The molecule has 19 heavy (non-hydrogen) atoms. The van der Waals surface area contributed by atoms with Crippen LogP contribution in [-0.2, 0) is 10.2 Å². The van der Waals surface area contributed by atoms with E-state index in [4.69, 9.17) is 4.74 Å². The fourth-order valence-electron chi connectivity index (χ4n) is 3.37. The van der Waals surface area contributed by atoms with Crippen LogP contribution >= 0.6 is 15.9 Å². The van der Waals surface area contributed by atoms with E-state index in [2.05, 4.69) is 15.9 Å². The summed E-state index contributed by atoms with van der Waals surface area (Å²) in [7, 11) is 1.63. The molecule has 0 aliphatic heterocycles. The van der Waals surface area contributed by atoms with Crippen molar-refractivity contribution in [3.05, 3.63) is 27.2 Å². The Morgan fingerprint density at radius 1 is 1.37 bits per heavy atom. The molecule has 1 aliphatic rings. The Labute approximate surface area is 122 Å². The maximum Gasteiger partial charge on any atom is 0.314 e. The first-order valence-electron chi connectivity index (χ1n) is 6.51. The average molecular weight is 327 g/mol. The molecule has 0 aromatic heterocycles. The molecule has 0 heterocycles. The van der Waals surface area contributed by atoms with Gasteiger partial charge in [-0.15, -0.1) is 0 Å². The van der Waals surface area contributed by atoms with E-state index in [9.17, 15) is 9.90 Å². The summed E-state index contributed by atoms with van der Waals surface area (Å²) in [4.78, 5) is 11.9. The normalized spacial score (nSPS) is 17.5. The van der Waals surface area contributed by atoms with Crippen LogP contribution in [0.25, 0.3) is 0 Å². The quantitative estimate of drug-likeness (QED) is 0.914. The number of benzene rings is 1. The van der Waals surface area contributed by atoms with Crippen molar-refractivity contribution in [2.24, 2.45) is 0 Å². The number of hydrogen-bond acceptors (Lipinski definition) is 2. The van der Waals surface area contributed by atoms with Crippen LogP contribution in [0.5, 0.6) is 5.75 Å². The monoisotopic (exact) mass is 326 g/mol. The lowest BCUT2D eigenvalue weighted by Gasteiger charge is -2.29. The van der Waals surface area contributed by atoms with Gasteiger partial charge in [0.05, 0.1) is 12.5 Å². The van der Waals surface area contributed by atoms with Crippen LogP contribution in [0.3, 0.4) is 0 Å². The minimum atomic E-state index is -0.760. The lowest BCUT2D eigenvalue weighted by Crippen LogP contribution is -2.34. The fourth-order valence-corrected chi connectivity index (χ4v) is 4.39. The summed E-state index contributed by atoms with van der Waals surface area (Å²) >= 11 is 3.56. The predicted molar refractivity (Wildman–Crippen MR) is 77.9 cm³/mol. The van der Waals surface area contributed by atoms with Gasteiger partial charge in [-0.05, 0) is 49.4 Å². The van der Waals surface area contributed by atoms with E-state index >= 15 is 0 Å². The Morgan fingerprint density at radius 2 is 1.95 bits per heavy atom. The number of ether oxygens (including phenoxy) is 1. The maximum absolute atomic E-state index is 11.9. The molecule has 0 saturated heterocycles. The van der Waals surface area contributed by atoms with E-state index < -0.39 is 11.4 Å². The number of rotatable bonds is 3. The SMILES string of the molecule is COc1c(C)cc(Br)c(C2(C(=O)O)CCCC2)c1C. The second-order valence-corrected chi connectivity index (χ2v) is 6.16. The van der Waals surface area contributed by atoms with Crippen LogP contribution in [0.1, 0.15) is 42.4 Å². The molecule has 1 fully saturated rings. The van der Waals surface area contributed by atoms with Crippen LogP contribution in [-0.4, -0.2) is 18.2 Å². The Kier molecular flexibility index (Phi) is 3.90. The molecule has 3 nitrogen and oxygen atoms in total. The summed E-state index contributed by atoms with van der Waals surface area (Å²) in [6.45, 7) is 3.93. The zero-order valence-electron chi connectivity index (χ0n) is 11.5. The lowest BCUT2D eigenvalue weighted by atomic mass is 9.76. The molecule has 0 spiro atoms. The molecule has 1 N–H and O–H groups in total. The highest BCUT2D eigenvalue weighted by atomic mass is 79.9. The Balaban J connectivity index is 2.70. The highest BCUT2D eigenvalue weighted by Gasteiger charge is 2.45. The van der Waals surface area contributed by atoms with Gasteiger partial charge in [-0.25, -0.2) is 0 Å². The summed E-state index contributed by atoms with van der Waals surface area (Å²) in [5.74, 6) is 0.0745. The van der Waals surface area contributed by atoms with Crippen LogP contribution in [0.4, 0.5) is 0 Å². The van der Waals surface area contributed by atoms with Crippen LogP contribution in [0.2, 0.25) is 0 Å². The van der Waals surface area contributed by atoms with Gasteiger partial charge in [0, 0.05) is 4.47 Å². The molecule has 4 heteroatoms. The molecule has 0 unspecified atom stereocenters. The van der Waals surface area contributed by atoms with Crippen LogP contribution in [0.15, 0.2) is 10.5 Å².